The quantitative estimate of drug-likeness (QED) is 0.319. The van der Waals surface area contributed by atoms with E-state index in [2.05, 4.69) is 25.1 Å². The van der Waals surface area contributed by atoms with Crippen LogP contribution in [0.4, 0.5) is 22.2 Å². The molecule has 2 aliphatic heterocycles. The van der Waals surface area contributed by atoms with E-state index in [1.807, 2.05) is 46.9 Å². The molecule has 0 aliphatic carbocycles. The molecule has 2 N–H and O–H groups in total. The van der Waals surface area contributed by atoms with Gasteiger partial charge in [0.2, 0.25) is 0 Å². The van der Waals surface area contributed by atoms with Gasteiger partial charge in [-0.3, -0.25) is 9.20 Å². The number of piperazine rings is 1. The normalized spacial score (nSPS) is 15.7. The third-order valence-electron chi connectivity index (χ3n) is 7.78. The van der Waals surface area contributed by atoms with Crippen molar-refractivity contribution < 1.29 is 19.4 Å². The summed E-state index contributed by atoms with van der Waals surface area (Å²) in [6, 6.07) is 15.1. The smallest absolute Gasteiger partial charge is 0.407 e. The highest BCUT2D eigenvalue weighted by molar-refractivity contribution is 6.03. The predicted molar refractivity (Wildman–Crippen MR) is 161 cm³/mol. The van der Waals surface area contributed by atoms with E-state index in [-0.39, 0.29) is 5.91 Å². The van der Waals surface area contributed by atoms with E-state index in [0.29, 0.717) is 75.5 Å². The van der Waals surface area contributed by atoms with E-state index in [1.165, 1.54) is 4.90 Å². The zero-order valence-electron chi connectivity index (χ0n) is 23.3. The lowest BCUT2D eigenvalue weighted by Gasteiger charge is -2.33. The van der Waals surface area contributed by atoms with Crippen LogP contribution >= 0.6 is 0 Å². The summed E-state index contributed by atoms with van der Waals surface area (Å²) in [7, 11) is 0. The second kappa shape index (κ2) is 11.2. The largest absolute Gasteiger partial charge is 0.465 e. The lowest BCUT2D eigenvalue weighted by Crippen LogP contribution is -2.48. The first-order chi connectivity index (χ1) is 21.0. The van der Waals surface area contributed by atoms with Gasteiger partial charge in [0.1, 0.15) is 11.5 Å². The second-order valence-electron chi connectivity index (χ2n) is 10.4. The number of aromatic nitrogens is 5. The molecule has 0 unspecified atom stereocenters. The lowest BCUT2D eigenvalue weighted by atomic mass is 10.2. The number of benzene rings is 1. The molecule has 13 nitrogen and oxygen atoms in total. The van der Waals surface area contributed by atoms with E-state index in [4.69, 9.17) is 14.7 Å². The zero-order chi connectivity index (χ0) is 29.3. The van der Waals surface area contributed by atoms with Gasteiger partial charge in [-0.1, -0.05) is 24.3 Å². The van der Waals surface area contributed by atoms with Gasteiger partial charge in [0, 0.05) is 56.4 Å². The van der Waals surface area contributed by atoms with Gasteiger partial charge in [-0.15, -0.1) is 0 Å². The number of carbonyl (C=O) groups excluding carboxylic acids is 1. The average Bonchev–Trinajstić information content (AvgIpc) is 3.48. The number of hydrogen-bond donors (Lipinski definition) is 2. The standard InChI is InChI=1S/C30H29N9O4/c40-29(23-7-5-20-3-1-2-4-22(20)33-23)35-25-19-39-24(18-32-27(28(39)34-25)37-13-15-43-16-14-37)21-6-8-26(31-17-21)36-9-11-38(12-10-36)30(41)42/h1-8,17-19H,9-16H2,(H,35,40)(H,41,42). The molecule has 2 fully saturated rings. The zero-order valence-corrected chi connectivity index (χ0v) is 23.3. The van der Waals surface area contributed by atoms with Crippen LogP contribution < -0.4 is 15.1 Å². The molecule has 2 saturated heterocycles. The number of carboxylic acid groups (broad SMARTS) is 1. The highest BCUT2D eigenvalue weighted by atomic mass is 16.5. The molecule has 5 aromatic rings. The van der Waals surface area contributed by atoms with E-state index in [9.17, 15) is 14.7 Å². The van der Waals surface area contributed by atoms with Gasteiger partial charge in [0.05, 0.1) is 36.8 Å². The Morgan fingerprint density at radius 2 is 1.65 bits per heavy atom. The molecular weight excluding hydrogens is 550 g/mol. The molecule has 0 spiro atoms. The maximum Gasteiger partial charge on any atom is 0.407 e. The number of anilines is 3. The Bertz CT molecular complexity index is 1810. The van der Waals surface area contributed by atoms with Crippen LogP contribution in [0.2, 0.25) is 0 Å². The number of amides is 2. The number of hydrogen-bond acceptors (Lipinski definition) is 9. The highest BCUT2D eigenvalue weighted by Gasteiger charge is 2.23. The van der Waals surface area contributed by atoms with Gasteiger partial charge in [-0.25, -0.2) is 24.7 Å². The number of nitrogens with one attached hydrogen (secondary N) is 1. The Balaban J connectivity index is 1.20. The molecule has 2 amide bonds. The highest BCUT2D eigenvalue weighted by Crippen LogP contribution is 2.29. The molecule has 43 heavy (non-hydrogen) atoms. The Hall–Kier alpha value is -5.30. The number of morpholine rings is 1. The van der Waals surface area contributed by atoms with Crippen molar-refractivity contribution in [1.82, 2.24) is 29.2 Å². The van der Waals surface area contributed by atoms with Crippen molar-refractivity contribution in [2.24, 2.45) is 0 Å². The number of fused-ring (bicyclic) bond motifs is 2. The van der Waals surface area contributed by atoms with Crippen molar-refractivity contribution in [2.45, 2.75) is 0 Å². The maximum atomic E-state index is 13.2. The molecule has 6 heterocycles. The van der Waals surface area contributed by atoms with Crippen molar-refractivity contribution in [3.8, 4) is 11.3 Å². The fraction of sp³-hybridized carbons (Fsp3) is 0.267. The summed E-state index contributed by atoms with van der Waals surface area (Å²) in [5.74, 6) is 1.51. The molecule has 13 heteroatoms. The van der Waals surface area contributed by atoms with Crippen molar-refractivity contribution in [3.05, 3.63) is 72.8 Å². The second-order valence-corrected chi connectivity index (χ2v) is 10.4. The molecule has 4 aromatic heterocycles. The number of imidazole rings is 1. The van der Waals surface area contributed by atoms with E-state index in [1.54, 1.807) is 24.7 Å². The summed E-state index contributed by atoms with van der Waals surface area (Å²) in [6.07, 6.45) is 4.46. The topological polar surface area (TPSA) is 141 Å². The number of carbonyl (C=O) groups is 2. The summed E-state index contributed by atoms with van der Waals surface area (Å²) < 4.78 is 7.46. The molecule has 1 aromatic carbocycles. The van der Waals surface area contributed by atoms with Crippen LogP contribution in [0.1, 0.15) is 10.5 Å². The Morgan fingerprint density at radius 3 is 2.42 bits per heavy atom. The fourth-order valence-corrected chi connectivity index (χ4v) is 5.46. The van der Waals surface area contributed by atoms with E-state index in [0.717, 1.165) is 28.0 Å². The summed E-state index contributed by atoms with van der Waals surface area (Å²) in [6.45, 7) is 4.59. The van der Waals surface area contributed by atoms with Crippen molar-refractivity contribution >= 4 is 46.0 Å². The first-order valence-electron chi connectivity index (χ1n) is 14.1. The lowest BCUT2D eigenvalue weighted by molar-refractivity contribution is 0.102. The molecule has 0 atom stereocenters. The number of nitrogens with zero attached hydrogens (tertiary/aromatic N) is 8. The fourth-order valence-electron chi connectivity index (χ4n) is 5.46. The average molecular weight is 580 g/mol. The van der Waals surface area contributed by atoms with Gasteiger partial charge in [0.15, 0.2) is 17.3 Å². The van der Waals surface area contributed by atoms with Gasteiger partial charge in [0.25, 0.3) is 5.91 Å². The van der Waals surface area contributed by atoms with Crippen molar-refractivity contribution in [2.75, 3.05) is 67.6 Å². The molecule has 2 aliphatic rings. The summed E-state index contributed by atoms with van der Waals surface area (Å²) in [5, 5.41) is 13.1. The summed E-state index contributed by atoms with van der Waals surface area (Å²) in [5.41, 5.74) is 3.23. The molecular formula is C30H29N9O4. The number of para-hydroxylation sites is 1. The Labute approximate surface area is 246 Å². The summed E-state index contributed by atoms with van der Waals surface area (Å²) in [4.78, 5) is 48.9. The van der Waals surface area contributed by atoms with Crippen LogP contribution in [0, 0.1) is 0 Å². The number of pyridine rings is 2. The third-order valence-corrected chi connectivity index (χ3v) is 7.78. The van der Waals surface area contributed by atoms with Crippen LogP contribution in [0.3, 0.4) is 0 Å². The third kappa shape index (κ3) is 5.26. The molecule has 0 bridgehead atoms. The first-order valence-corrected chi connectivity index (χ1v) is 14.1. The Morgan fingerprint density at radius 1 is 0.837 bits per heavy atom. The molecule has 0 saturated carbocycles. The number of rotatable bonds is 5. The van der Waals surface area contributed by atoms with E-state index >= 15 is 0 Å². The van der Waals surface area contributed by atoms with Crippen molar-refractivity contribution in [3.63, 3.8) is 0 Å². The minimum Gasteiger partial charge on any atom is -0.465 e. The minimum absolute atomic E-state index is 0.298. The van der Waals surface area contributed by atoms with Crippen LogP contribution in [0.5, 0.6) is 0 Å². The first kappa shape index (κ1) is 26.6. The Kier molecular flexibility index (Phi) is 6.91. The van der Waals surface area contributed by atoms with Crippen LogP contribution in [-0.2, 0) is 4.74 Å². The monoisotopic (exact) mass is 579 g/mol. The summed E-state index contributed by atoms with van der Waals surface area (Å²) >= 11 is 0. The minimum atomic E-state index is -0.899. The molecule has 218 valence electrons. The molecule has 0 radical (unpaired) electrons. The SMILES string of the molecule is O=C(Nc1cn2c(-c3ccc(N4CCN(C(=O)O)CC4)nc3)cnc(N3CCOCC3)c2n1)c1ccc2ccccc2n1. The van der Waals surface area contributed by atoms with Gasteiger partial charge in [-0.05, 0) is 24.3 Å². The molecule has 7 rings (SSSR count). The van der Waals surface area contributed by atoms with Gasteiger partial charge < -0.3 is 29.9 Å². The van der Waals surface area contributed by atoms with Gasteiger partial charge in [-0.2, -0.15) is 0 Å². The van der Waals surface area contributed by atoms with Crippen LogP contribution in [0.25, 0.3) is 27.8 Å². The van der Waals surface area contributed by atoms with Crippen LogP contribution in [-0.4, -0.2) is 98.8 Å². The van der Waals surface area contributed by atoms with E-state index < -0.39 is 6.09 Å². The maximum absolute atomic E-state index is 13.2. The van der Waals surface area contributed by atoms with Gasteiger partial charge >= 0.3 is 6.09 Å². The van der Waals surface area contributed by atoms with Crippen molar-refractivity contribution in [1.29, 1.82) is 0 Å². The predicted octanol–water partition coefficient (Wildman–Crippen LogP) is 3.23. The van der Waals surface area contributed by atoms with Crippen LogP contribution in [0.15, 0.2) is 67.1 Å². The number of ether oxygens (including phenoxy) is 1.